The number of hydrogen-bond acceptors (Lipinski definition) is 5. The number of aromatic nitrogens is 3. The monoisotopic (exact) mass is 222 g/mol. The van der Waals surface area contributed by atoms with E-state index in [1.165, 1.54) is 10.7 Å². The molecule has 0 spiro atoms. The molecule has 0 atom stereocenters. The largest absolute Gasteiger partial charge is 0.505 e. The Bertz CT molecular complexity index is 561. The van der Waals surface area contributed by atoms with Crippen molar-refractivity contribution in [3.05, 3.63) is 22.2 Å². The number of nitro benzene ring substituents is 1. The van der Waals surface area contributed by atoms with Crippen LogP contribution in [0.25, 0.3) is 11.0 Å². The van der Waals surface area contributed by atoms with Crippen molar-refractivity contribution in [3.8, 4) is 5.75 Å². The Morgan fingerprint density at radius 3 is 2.75 bits per heavy atom. The van der Waals surface area contributed by atoms with E-state index in [0.29, 0.717) is 5.52 Å². The Morgan fingerprint density at radius 1 is 1.50 bits per heavy atom. The first-order chi connectivity index (χ1) is 7.50. The quantitative estimate of drug-likeness (QED) is 0.615. The first kappa shape index (κ1) is 10.3. The number of nitro groups is 1. The van der Waals surface area contributed by atoms with Crippen LogP contribution in [0.2, 0.25) is 0 Å². The van der Waals surface area contributed by atoms with Crippen LogP contribution in [-0.2, 0) is 0 Å². The molecule has 1 N–H and O–H groups in total. The lowest BCUT2D eigenvalue weighted by Crippen LogP contribution is -2.02. The molecule has 0 saturated carbocycles. The minimum Gasteiger partial charge on any atom is -0.505 e. The Kier molecular flexibility index (Phi) is 2.22. The van der Waals surface area contributed by atoms with Crippen LogP contribution in [0.5, 0.6) is 5.75 Å². The zero-order chi connectivity index (χ0) is 11.9. The molecule has 1 aromatic heterocycles. The number of rotatable bonds is 2. The van der Waals surface area contributed by atoms with Crippen LogP contribution in [0.4, 0.5) is 5.69 Å². The molecule has 0 amide bonds. The van der Waals surface area contributed by atoms with E-state index >= 15 is 0 Å². The number of phenols is 1. The summed E-state index contributed by atoms with van der Waals surface area (Å²) in [7, 11) is 0. The lowest BCUT2D eigenvalue weighted by Gasteiger charge is -2.04. The number of aromatic hydroxyl groups is 1. The average Bonchev–Trinajstić information content (AvgIpc) is 2.61. The summed E-state index contributed by atoms with van der Waals surface area (Å²) in [5.74, 6) is -0.226. The third-order valence-electron chi connectivity index (χ3n) is 2.24. The summed E-state index contributed by atoms with van der Waals surface area (Å²) in [4.78, 5) is 10.1. The molecule has 0 radical (unpaired) electrons. The molecule has 1 heterocycles. The van der Waals surface area contributed by atoms with Crippen molar-refractivity contribution in [3.63, 3.8) is 0 Å². The van der Waals surface area contributed by atoms with Gasteiger partial charge < -0.3 is 5.11 Å². The highest BCUT2D eigenvalue weighted by Gasteiger charge is 2.17. The van der Waals surface area contributed by atoms with Crippen molar-refractivity contribution in [2.24, 2.45) is 0 Å². The smallest absolute Gasteiger partial charge is 0.275 e. The zero-order valence-electron chi connectivity index (χ0n) is 8.78. The van der Waals surface area contributed by atoms with Crippen molar-refractivity contribution in [2.45, 2.75) is 19.9 Å². The van der Waals surface area contributed by atoms with Gasteiger partial charge >= 0.3 is 0 Å². The van der Waals surface area contributed by atoms with Crippen molar-refractivity contribution in [1.29, 1.82) is 0 Å². The molecule has 7 nitrogen and oxygen atoms in total. The van der Waals surface area contributed by atoms with Crippen LogP contribution in [0.3, 0.4) is 0 Å². The maximum absolute atomic E-state index is 10.6. The molecule has 0 saturated heterocycles. The third kappa shape index (κ3) is 1.46. The van der Waals surface area contributed by atoms with Gasteiger partial charge in [0.05, 0.1) is 16.5 Å². The van der Waals surface area contributed by atoms with Crippen molar-refractivity contribution in [2.75, 3.05) is 0 Å². The van der Waals surface area contributed by atoms with Gasteiger partial charge in [-0.25, -0.2) is 4.68 Å². The van der Waals surface area contributed by atoms with Crippen molar-refractivity contribution >= 4 is 16.7 Å². The highest BCUT2D eigenvalue weighted by Crippen LogP contribution is 2.29. The molecular weight excluding hydrogens is 212 g/mol. The van der Waals surface area contributed by atoms with Gasteiger partial charge in [0.25, 0.3) is 5.69 Å². The number of hydrogen-bond donors (Lipinski definition) is 1. The van der Waals surface area contributed by atoms with E-state index in [4.69, 9.17) is 0 Å². The third-order valence-corrected chi connectivity index (χ3v) is 2.24. The number of fused-ring (bicyclic) bond motifs is 1. The van der Waals surface area contributed by atoms with Crippen molar-refractivity contribution < 1.29 is 10.0 Å². The van der Waals surface area contributed by atoms with E-state index in [9.17, 15) is 15.2 Å². The Morgan fingerprint density at radius 2 is 2.19 bits per heavy atom. The Labute approximate surface area is 90.5 Å². The number of phenolic OH excluding ortho intramolecular Hbond substituents is 1. The highest BCUT2D eigenvalue weighted by molar-refractivity contribution is 5.83. The lowest BCUT2D eigenvalue weighted by molar-refractivity contribution is -0.384. The van der Waals surface area contributed by atoms with Gasteiger partial charge in [0, 0.05) is 12.1 Å². The molecule has 7 heteroatoms. The van der Waals surface area contributed by atoms with E-state index in [2.05, 4.69) is 10.3 Å². The first-order valence-corrected chi connectivity index (χ1v) is 4.73. The van der Waals surface area contributed by atoms with Gasteiger partial charge in [0.2, 0.25) is 0 Å². The molecule has 0 aliphatic rings. The minimum atomic E-state index is -0.559. The topological polar surface area (TPSA) is 94.1 Å². The normalized spacial score (nSPS) is 11.2. The molecule has 0 aliphatic heterocycles. The summed E-state index contributed by atoms with van der Waals surface area (Å²) in [6.07, 6.45) is 0. The molecule has 2 rings (SSSR count). The summed E-state index contributed by atoms with van der Waals surface area (Å²) in [5, 5.41) is 27.8. The Hall–Kier alpha value is -2.18. The van der Waals surface area contributed by atoms with E-state index in [1.807, 2.05) is 13.8 Å². The van der Waals surface area contributed by atoms with Crippen LogP contribution in [0.1, 0.15) is 19.9 Å². The lowest BCUT2D eigenvalue weighted by atomic mass is 10.2. The van der Waals surface area contributed by atoms with Crippen LogP contribution < -0.4 is 0 Å². The van der Waals surface area contributed by atoms with Gasteiger partial charge in [-0.1, -0.05) is 5.21 Å². The molecule has 84 valence electrons. The minimum absolute atomic E-state index is 0.0198. The summed E-state index contributed by atoms with van der Waals surface area (Å²) >= 11 is 0. The zero-order valence-corrected chi connectivity index (χ0v) is 8.78. The van der Waals surface area contributed by atoms with Crippen LogP contribution in [0, 0.1) is 10.1 Å². The molecule has 16 heavy (non-hydrogen) atoms. The summed E-state index contributed by atoms with van der Waals surface area (Å²) in [5.41, 5.74) is 0.565. The van der Waals surface area contributed by atoms with Gasteiger partial charge in [0.15, 0.2) is 11.3 Å². The van der Waals surface area contributed by atoms with E-state index < -0.39 is 4.92 Å². The first-order valence-electron chi connectivity index (χ1n) is 4.73. The van der Waals surface area contributed by atoms with Gasteiger partial charge in [0.1, 0.15) is 0 Å². The van der Waals surface area contributed by atoms with Gasteiger partial charge in [-0.15, -0.1) is 5.10 Å². The summed E-state index contributed by atoms with van der Waals surface area (Å²) in [6, 6.07) is 2.45. The number of benzene rings is 1. The Balaban J connectivity index is 2.76. The molecule has 0 fully saturated rings. The van der Waals surface area contributed by atoms with E-state index in [-0.39, 0.29) is 23.0 Å². The molecule has 0 unspecified atom stereocenters. The number of nitrogens with zero attached hydrogens (tertiary/aromatic N) is 4. The highest BCUT2D eigenvalue weighted by atomic mass is 16.6. The molecule has 2 aromatic rings. The van der Waals surface area contributed by atoms with Crippen molar-refractivity contribution in [1.82, 2.24) is 15.0 Å². The predicted octanol–water partition coefficient (Wildman–Crippen LogP) is 1.63. The fourth-order valence-electron chi connectivity index (χ4n) is 1.49. The summed E-state index contributed by atoms with van der Waals surface area (Å²) < 4.78 is 1.53. The molecule has 0 aliphatic carbocycles. The number of non-ortho nitro benzene ring substituents is 1. The maximum Gasteiger partial charge on any atom is 0.275 e. The fraction of sp³-hybridized carbons (Fsp3) is 0.333. The van der Waals surface area contributed by atoms with Crippen LogP contribution >= 0.6 is 0 Å². The van der Waals surface area contributed by atoms with E-state index in [1.54, 1.807) is 0 Å². The average molecular weight is 222 g/mol. The van der Waals surface area contributed by atoms with Crippen LogP contribution in [-0.4, -0.2) is 25.0 Å². The predicted molar refractivity (Wildman–Crippen MR) is 56.2 cm³/mol. The van der Waals surface area contributed by atoms with Gasteiger partial charge in [-0.2, -0.15) is 0 Å². The summed E-state index contributed by atoms with van der Waals surface area (Å²) in [6.45, 7) is 3.76. The second-order valence-electron chi connectivity index (χ2n) is 3.72. The molecule has 0 bridgehead atoms. The maximum atomic E-state index is 10.6. The second kappa shape index (κ2) is 3.44. The van der Waals surface area contributed by atoms with Gasteiger partial charge in [-0.05, 0) is 13.8 Å². The molecular formula is C9H10N4O3. The second-order valence-corrected chi connectivity index (χ2v) is 3.72. The SMILES string of the molecule is CC(C)n1nnc2c(O)cc([N+](=O)[O-])cc21. The van der Waals surface area contributed by atoms with Gasteiger partial charge in [-0.3, -0.25) is 10.1 Å². The van der Waals surface area contributed by atoms with Crippen LogP contribution in [0.15, 0.2) is 12.1 Å². The fourth-order valence-corrected chi connectivity index (χ4v) is 1.49. The standard InChI is InChI=1S/C9H10N4O3/c1-5(2)12-7-3-6(13(15)16)4-8(14)9(7)10-11-12/h3-5,14H,1-2H3. The van der Waals surface area contributed by atoms with E-state index in [0.717, 1.165) is 6.07 Å². The molecule has 1 aromatic carbocycles.